The average Bonchev–Trinajstić information content (AvgIpc) is 3.21. The summed E-state index contributed by atoms with van der Waals surface area (Å²) >= 11 is 0. The lowest BCUT2D eigenvalue weighted by atomic mass is 10.1. The molecule has 5 nitrogen and oxygen atoms in total. The molecule has 2 amide bonds. The van der Waals surface area contributed by atoms with Gasteiger partial charge < -0.3 is 15.0 Å². The number of carbonyl (C=O) groups excluding carboxylic acids is 2. The van der Waals surface area contributed by atoms with E-state index in [1.807, 2.05) is 23.1 Å². The Kier molecular flexibility index (Phi) is 3.58. The lowest BCUT2D eigenvalue weighted by Gasteiger charge is -2.15. The van der Waals surface area contributed by atoms with E-state index < -0.39 is 6.09 Å². The summed E-state index contributed by atoms with van der Waals surface area (Å²) in [6.07, 6.45) is 2.32. The maximum Gasteiger partial charge on any atom is 0.412 e. The molecule has 0 aromatic heterocycles. The first kappa shape index (κ1) is 13.0. The molecule has 1 saturated heterocycles. The van der Waals surface area contributed by atoms with Crippen LogP contribution in [0.5, 0.6) is 5.75 Å². The second-order valence-corrected chi connectivity index (χ2v) is 5.43. The first-order valence-electron chi connectivity index (χ1n) is 7.02. The number of amides is 2. The number of nitrogens with zero attached hydrogens (tertiary/aromatic N) is 1. The van der Waals surface area contributed by atoms with Crippen LogP contribution in [-0.4, -0.2) is 36.0 Å². The zero-order valence-corrected chi connectivity index (χ0v) is 11.2. The fourth-order valence-electron chi connectivity index (χ4n) is 2.54. The van der Waals surface area contributed by atoms with Crippen molar-refractivity contribution in [3.8, 4) is 5.75 Å². The summed E-state index contributed by atoms with van der Waals surface area (Å²) < 4.78 is 5.14. The highest BCUT2D eigenvalue weighted by Crippen LogP contribution is 2.32. The molecule has 3 rings (SSSR count). The Hall–Kier alpha value is -2.04. The van der Waals surface area contributed by atoms with Gasteiger partial charge in [-0.25, -0.2) is 4.79 Å². The molecule has 2 aliphatic rings. The largest absolute Gasteiger partial charge is 0.412 e. The van der Waals surface area contributed by atoms with Gasteiger partial charge >= 0.3 is 6.09 Å². The van der Waals surface area contributed by atoms with Gasteiger partial charge in [-0.2, -0.15) is 0 Å². The molecule has 5 heteroatoms. The summed E-state index contributed by atoms with van der Waals surface area (Å²) in [6, 6.07) is 9.41. The molecule has 1 aliphatic carbocycles. The summed E-state index contributed by atoms with van der Waals surface area (Å²) in [6.45, 7) is 1.25. The highest BCUT2D eigenvalue weighted by molar-refractivity contribution is 5.79. The number of ether oxygens (including phenoxy) is 1. The molecule has 0 spiro atoms. The van der Waals surface area contributed by atoms with Crippen LogP contribution in [0.2, 0.25) is 0 Å². The van der Waals surface area contributed by atoms with Gasteiger partial charge in [0.15, 0.2) is 0 Å². The third-order valence-corrected chi connectivity index (χ3v) is 3.72. The normalized spacial score (nSPS) is 21.9. The number of likely N-dealkylation sites (tertiary alicyclic amines) is 1. The molecule has 1 heterocycles. The zero-order valence-electron chi connectivity index (χ0n) is 11.2. The van der Waals surface area contributed by atoms with Crippen molar-refractivity contribution in [2.24, 2.45) is 5.92 Å². The fraction of sp³-hybridized carbons (Fsp3) is 0.467. The smallest absolute Gasteiger partial charge is 0.410 e. The minimum absolute atomic E-state index is 0.200. The van der Waals surface area contributed by atoms with Gasteiger partial charge in [-0.05, 0) is 25.0 Å². The molecule has 106 valence electrons. The van der Waals surface area contributed by atoms with Gasteiger partial charge in [0, 0.05) is 31.5 Å². The van der Waals surface area contributed by atoms with Gasteiger partial charge in [-0.15, -0.1) is 0 Å². The van der Waals surface area contributed by atoms with Crippen molar-refractivity contribution >= 4 is 12.0 Å². The van der Waals surface area contributed by atoms with Crippen LogP contribution in [0.3, 0.4) is 0 Å². The van der Waals surface area contributed by atoms with E-state index in [2.05, 4.69) is 5.32 Å². The van der Waals surface area contributed by atoms with Crippen LogP contribution in [0.1, 0.15) is 19.3 Å². The summed E-state index contributed by atoms with van der Waals surface area (Å²) in [4.78, 5) is 25.4. The number of nitrogens with one attached hydrogen (secondary N) is 1. The molecule has 1 N–H and O–H groups in total. The topological polar surface area (TPSA) is 58.6 Å². The SMILES string of the molecule is O=C(NCC1CC(=O)N(C2CC2)C1)Oc1ccccc1. The van der Waals surface area contributed by atoms with E-state index in [1.165, 1.54) is 0 Å². The van der Waals surface area contributed by atoms with E-state index in [9.17, 15) is 9.59 Å². The molecule has 1 aromatic rings. The Morgan fingerprint density at radius 3 is 2.75 bits per heavy atom. The van der Waals surface area contributed by atoms with Crippen LogP contribution in [0.15, 0.2) is 30.3 Å². The fourth-order valence-corrected chi connectivity index (χ4v) is 2.54. The van der Waals surface area contributed by atoms with Crippen LogP contribution in [0, 0.1) is 5.92 Å². The van der Waals surface area contributed by atoms with Crippen LogP contribution < -0.4 is 10.1 Å². The second-order valence-electron chi connectivity index (χ2n) is 5.43. The van der Waals surface area contributed by atoms with E-state index >= 15 is 0 Å². The predicted molar refractivity (Wildman–Crippen MR) is 73.3 cm³/mol. The van der Waals surface area contributed by atoms with Crippen LogP contribution in [0.25, 0.3) is 0 Å². The standard InChI is InChI=1S/C15H18N2O3/c18-14-8-11(10-17(14)12-6-7-12)9-16-15(19)20-13-4-2-1-3-5-13/h1-5,11-12H,6-10H2,(H,16,19). The first-order chi connectivity index (χ1) is 9.72. The highest BCUT2D eigenvalue weighted by atomic mass is 16.6. The molecule has 1 atom stereocenters. The molecule has 2 fully saturated rings. The van der Waals surface area contributed by atoms with E-state index in [-0.39, 0.29) is 11.8 Å². The van der Waals surface area contributed by atoms with Crippen molar-refractivity contribution in [2.75, 3.05) is 13.1 Å². The van der Waals surface area contributed by atoms with Gasteiger partial charge in [0.05, 0.1) is 0 Å². The van der Waals surface area contributed by atoms with Crippen molar-refractivity contribution < 1.29 is 14.3 Å². The average molecular weight is 274 g/mol. The van der Waals surface area contributed by atoms with E-state index in [0.717, 1.165) is 19.4 Å². The Balaban J connectivity index is 1.43. The number of carbonyl (C=O) groups is 2. The van der Waals surface area contributed by atoms with Crippen LogP contribution in [-0.2, 0) is 4.79 Å². The van der Waals surface area contributed by atoms with Gasteiger partial charge in [0.25, 0.3) is 0 Å². The molecule has 1 aromatic carbocycles. The number of rotatable bonds is 4. The van der Waals surface area contributed by atoms with Gasteiger partial charge in [0.2, 0.25) is 5.91 Å². The molecular formula is C15H18N2O3. The van der Waals surface area contributed by atoms with Gasteiger partial charge in [-0.3, -0.25) is 4.79 Å². The third kappa shape index (κ3) is 3.10. The van der Waals surface area contributed by atoms with E-state index in [1.54, 1.807) is 12.1 Å². The van der Waals surface area contributed by atoms with Crippen molar-refractivity contribution in [2.45, 2.75) is 25.3 Å². The molecule has 0 radical (unpaired) electrons. The van der Waals surface area contributed by atoms with Crippen molar-refractivity contribution in [1.29, 1.82) is 0 Å². The lowest BCUT2D eigenvalue weighted by molar-refractivity contribution is -0.128. The Labute approximate surface area is 117 Å². The van der Waals surface area contributed by atoms with E-state index in [0.29, 0.717) is 24.8 Å². The number of para-hydroxylation sites is 1. The zero-order chi connectivity index (χ0) is 13.9. The van der Waals surface area contributed by atoms with Crippen LogP contribution in [0.4, 0.5) is 4.79 Å². The molecule has 0 bridgehead atoms. The predicted octanol–water partition coefficient (Wildman–Crippen LogP) is 1.79. The highest BCUT2D eigenvalue weighted by Gasteiger charge is 2.39. The molecule has 20 heavy (non-hydrogen) atoms. The third-order valence-electron chi connectivity index (χ3n) is 3.72. The van der Waals surface area contributed by atoms with Crippen LogP contribution >= 0.6 is 0 Å². The molecule has 1 unspecified atom stereocenters. The minimum Gasteiger partial charge on any atom is -0.410 e. The minimum atomic E-state index is -0.464. The summed E-state index contributed by atoms with van der Waals surface area (Å²) in [5, 5.41) is 2.73. The Bertz CT molecular complexity index is 499. The number of hydrogen-bond donors (Lipinski definition) is 1. The quantitative estimate of drug-likeness (QED) is 0.910. The Morgan fingerprint density at radius 2 is 2.05 bits per heavy atom. The molecule has 1 saturated carbocycles. The number of benzene rings is 1. The Morgan fingerprint density at radius 1 is 1.30 bits per heavy atom. The number of hydrogen-bond acceptors (Lipinski definition) is 3. The van der Waals surface area contributed by atoms with Gasteiger partial charge in [0.1, 0.15) is 5.75 Å². The second kappa shape index (κ2) is 5.53. The summed E-state index contributed by atoms with van der Waals surface area (Å²) in [5.74, 6) is 0.939. The van der Waals surface area contributed by atoms with Crippen molar-refractivity contribution in [1.82, 2.24) is 10.2 Å². The summed E-state index contributed by atoms with van der Waals surface area (Å²) in [7, 11) is 0. The first-order valence-corrected chi connectivity index (χ1v) is 7.02. The molecular weight excluding hydrogens is 256 g/mol. The maximum absolute atomic E-state index is 11.8. The maximum atomic E-state index is 11.8. The van der Waals surface area contributed by atoms with Crippen molar-refractivity contribution in [3.63, 3.8) is 0 Å². The van der Waals surface area contributed by atoms with Gasteiger partial charge in [-0.1, -0.05) is 18.2 Å². The lowest BCUT2D eigenvalue weighted by Crippen LogP contribution is -2.33. The van der Waals surface area contributed by atoms with E-state index in [4.69, 9.17) is 4.74 Å². The summed E-state index contributed by atoms with van der Waals surface area (Å²) in [5.41, 5.74) is 0. The molecule has 1 aliphatic heterocycles. The van der Waals surface area contributed by atoms with Crippen molar-refractivity contribution in [3.05, 3.63) is 30.3 Å². The monoisotopic (exact) mass is 274 g/mol.